The predicted octanol–water partition coefficient (Wildman–Crippen LogP) is 2.24. The number of nitrogens with zero attached hydrogens (tertiary/aromatic N) is 1. The van der Waals surface area contributed by atoms with Crippen LogP contribution in [0.25, 0.3) is 0 Å². The van der Waals surface area contributed by atoms with Crippen LogP contribution in [0, 0.1) is 10.1 Å². The molecule has 0 spiro atoms. The Kier molecular flexibility index (Phi) is 4.43. The lowest BCUT2D eigenvalue weighted by Gasteiger charge is -2.08. The molecule has 0 saturated carbocycles. The fraction of sp³-hybridized carbons (Fsp3) is 0.0833. The molecule has 0 saturated heterocycles. The Morgan fingerprint density at radius 3 is 2.45 bits per heavy atom. The van der Waals surface area contributed by atoms with E-state index in [2.05, 4.69) is 9.46 Å². The third-order valence-corrected chi connectivity index (χ3v) is 4.91. The molecule has 0 amide bonds. The van der Waals surface area contributed by atoms with Gasteiger partial charge in [0.1, 0.15) is 4.88 Å². The zero-order chi connectivity index (χ0) is 16.3. The van der Waals surface area contributed by atoms with E-state index in [1.54, 1.807) is 5.38 Å². The summed E-state index contributed by atoms with van der Waals surface area (Å²) in [5.41, 5.74) is -0.125. The highest BCUT2D eigenvalue weighted by molar-refractivity contribution is 7.92. The highest BCUT2D eigenvalue weighted by atomic mass is 32.2. The van der Waals surface area contributed by atoms with Crippen LogP contribution in [-0.2, 0) is 14.8 Å². The minimum atomic E-state index is -3.96. The molecule has 2 aromatic rings. The van der Waals surface area contributed by atoms with Gasteiger partial charge >= 0.3 is 5.97 Å². The number of nitrogens with one attached hydrogen (secondary N) is 1. The van der Waals surface area contributed by atoms with E-state index in [9.17, 15) is 23.3 Å². The number of sulfonamides is 1. The van der Waals surface area contributed by atoms with Crippen LogP contribution in [0.4, 0.5) is 11.4 Å². The van der Waals surface area contributed by atoms with E-state index in [1.165, 1.54) is 13.2 Å². The lowest BCUT2D eigenvalue weighted by molar-refractivity contribution is -0.384. The van der Waals surface area contributed by atoms with Crippen molar-refractivity contribution in [2.45, 2.75) is 4.90 Å². The van der Waals surface area contributed by atoms with E-state index >= 15 is 0 Å². The summed E-state index contributed by atoms with van der Waals surface area (Å²) in [7, 11) is -2.77. The summed E-state index contributed by atoms with van der Waals surface area (Å²) in [6.07, 6.45) is 0. The molecule has 22 heavy (non-hydrogen) atoms. The average molecular weight is 342 g/mol. The molecule has 8 nitrogen and oxygen atoms in total. The topological polar surface area (TPSA) is 116 Å². The monoisotopic (exact) mass is 342 g/mol. The van der Waals surface area contributed by atoms with E-state index in [4.69, 9.17) is 0 Å². The number of esters is 1. The number of carbonyl (C=O) groups is 1. The van der Waals surface area contributed by atoms with Crippen molar-refractivity contribution < 1.29 is 22.9 Å². The highest BCUT2D eigenvalue weighted by Crippen LogP contribution is 2.26. The first-order chi connectivity index (χ1) is 10.3. The van der Waals surface area contributed by atoms with Crippen LogP contribution in [0.15, 0.2) is 40.6 Å². The summed E-state index contributed by atoms with van der Waals surface area (Å²) >= 11 is 1.03. The van der Waals surface area contributed by atoms with Crippen molar-refractivity contribution in [1.82, 2.24) is 0 Å². The number of benzene rings is 1. The minimum absolute atomic E-state index is 0.0928. The van der Waals surface area contributed by atoms with Crippen molar-refractivity contribution in [2.24, 2.45) is 0 Å². The molecule has 0 bridgehead atoms. The normalized spacial score (nSPS) is 11.0. The van der Waals surface area contributed by atoms with Crippen LogP contribution < -0.4 is 4.72 Å². The Morgan fingerprint density at radius 1 is 1.27 bits per heavy atom. The average Bonchev–Trinajstić information content (AvgIpc) is 2.94. The molecule has 1 N–H and O–H groups in total. The second kappa shape index (κ2) is 6.12. The molecule has 0 atom stereocenters. The van der Waals surface area contributed by atoms with Crippen LogP contribution in [0.1, 0.15) is 9.67 Å². The number of ether oxygens (including phenoxy) is 1. The lowest BCUT2D eigenvalue weighted by atomic mass is 10.3. The van der Waals surface area contributed by atoms with E-state index in [0.29, 0.717) is 0 Å². The zero-order valence-corrected chi connectivity index (χ0v) is 12.8. The first-order valence-corrected chi connectivity index (χ1v) is 8.14. The number of hydrogen-bond donors (Lipinski definition) is 1. The number of anilines is 1. The van der Waals surface area contributed by atoms with Crippen molar-refractivity contribution in [2.75, 3.05) is 11.8 Å². The zero-order valence-electron chi connectivity index (χ0n) is 11.2. The number of methoxy groups -OCH3 is 1. The van der Waals surface area contributed by atoms with E-state index in [1.807, 2.05) is 0 Å². The Morgan fingerprint density at radius 2 is 1.91 bits per heavy atom. The summed E-state index contributed by atoms with van der Waals surface area (Å²) in [5.74, 6) is -0.656. The Labute approximate surface area is 129 Å². The van der Waals surface area contributed by atoms with Gasteiger partial charge in [0, 0.05) is 12.1 Å². The van der Waals surface area contributed by atoms with Crippen molar-refractivity contribution in [1.29, 1.82) is 0 Å². The third-order valence-electron chi connectivity index (χ3n) is 2.64. The number of nitro groups is 1. The third kappa shape index (κ3) is 3.23. The molecule has 116 valence electrons. The summed E-state index contributed by atoms with van der Waals surface area (Å²) in [5, 5.41) is 12.1. The fourth-order valence-corrected chi connectivity index (χ4v) is 3.49. The number of hydrogen-bond acceptors (Lipinski definition) is 7. The minimum Gasteiger partial charge on any atom is -0.465 e. The first-order valence-electron chi connectivity index (χ1n) is 5.78. The number of carbonyl (C=O) groups excluding carboxylic acids is 1. The Hall–Kier alpha value is -2.46. The lowest BCUT2D eigenvalue weighted by Crippen LogP contribution is -2.14. The number of rotatable bonds is 5. The second-order valence-corrected chi connectivity index (χ2v) is 6.61. The molecule has 1 heterocycles. The first kappa shape index (κ1) is 15.9. The smallest absolute Gasteiger partial charge is 0.350 e. The van der Waals surface area contributed by atoms with Gasteiger partial charge < -0.3 is 4.74 Å². The van der Waals surface area contributed by atoms with Crippen LogP contribution >= 0.6 is 11.3 Å². The maximum atomic E-state index is 12.2. The molecule has 0 aliphatic heterocycles. The number of thiophene rings is 1. The summed E-state index contributed by atoms with van der Waals surface area (Å²) < 4.78 is 31.2. The maximum Gasteiger partial charge on any atom is 0.350 e. The van der Waals surface area contributed by atoms with Crippen molar-refractivity contribution in [3.63, 3.8) is 0 Å². The standard InChI is InChI=1S/C12H10N2O6S2/c1-20-12(15)11-10(6-7-21-11)13-22(18,19)9-4-2-8(3-5-9)14(16)17/h2-7,13H,1H3. The van der Waals surface area contributed by atoms with Crippen LogP contribution in [-0.4, -0.2) is 26.4 Å². The van der Waals surface area contributed by atoms with E-state index in [0.717, 1.165) is 35.6 Å². The van der Waals surface area contributed by atoms with E-state index < -0.39 is 20.9 Å². The predicted molar refractivity (Wildman–Crippen MR) is 79.6 cm³/mol. The van der Waals surface area contributed by atoms with Gasteiger partial charge in [0.15, 0.2) is 0 Å². The van der Waals surface area contributed by atoms with Crippen LogP contribution in [0.2, 0.25) is 0 Å². The van der Waals surface area contributed by atoms with Crippen molar-refractivity contribution >= 4 is 38.7 Å². The number of non-ortho nitro benzene ring substituents is 1. The summed E-state index contributed by atoms with van der Waals surface area (Å²) in [4.78, 5) is 21.4. The molecule has 0 radical (unpaired) electrons. The molecule has 10 heteroatoms. The molecule has 1 aromatic heterocycles. The maximum absolute atomic E-state index is 12.2. The van der Waals surface area contributed by atoms with Gasteiger partial charge in [-0.2, -0.15) is 0 Å². The van der Waals surface area contributed by atoms with Gasteiger partial charge in [0.2, 0.25) is 0 Å². The molecule has 0 aliphatic rings. The number of nitro benzene ring substituents is 1. The van der Waals surface area contributed by atoms with E-state index in [-0.39, 0.29) is 21.1 Å². The van der Waals surface area contributed by atoms with Gasteiger partial charge in [0.25, 0.3) is 15.7 Å². The van der Waals surface area contributed by atoms with Crippen molar-refractivity contribution in [3.05, 3.63) is 50.7 Å². The Bertz CT molecular complexity index is 810. The quantitative estimate of drug-likeness (QED) is 0.506. The molecular weight excluding hydrogens is 332 g/mol. The molecule has 1 aromatic carbocycles. The molecule has 0 fully saturated rings. The largest absolute Gasteiger partial charge is 0.465 e. The van der Waals surface area contributed by atoms with Gasteiger partial charge in [-0.3, -0.25) is 14.8 Å². The molecular formula is C12H10N2O6S2. The SMILES string of the molecule is COC(=O)c1sccc1NS(=O)(=O)c1ccc([N+](=O)[O-])cc1. The summed E-state index contributed by atoms with van der Waals surface area (Å²) in [6.45, 7) is 0. The Balaban J connectivity index is 2.30. The van der Waals surface area contributed by atoms with Crippen LogP contribution in [0.3, 0.4) is 0 Å². The highest BCUT2D eigenvalue weighted by Gasteiger charge is 2.21. The van der Waals surface area contributed by atoms with Gasteiger partial charge in [-0.1, -0.05) is 0 Å². The fourth-order valence-electron chi connectivity index (χ4n) is 1.59. The molecule has 0 aliphatic carbocycles. The van der Waals surface area contributed by atoms with Gasteiger partial charge in [-0.25, -0.2) is 13.2 Å². The molecule has 2 rings (SSSR count). The molecule has 0 unspecified atom stereocenters. The van der Waals surface area contributed by atoms with Gasteiger partial charge in [-0.15, -0.1) is 11.3 Å². The van der Waals surface area contributed by atoms with Gasteiger partial charge in [0.05, 0.1) is 22.6 Å². The second-order valence-electron chi connectivity index (χ2n) is 4.01. The van der Waals surface area contributed by atoms with Crippen molar-refractivity contribution in [3.8, 4) is 0 Å². The van der Waals surface area contributed by atoms with Gasteiger partial charge in [-0.05, 0) is 23.6 Å². The summed E-state index contributed by atoms with van der Waals surface area (Å²) in [6, 6.07) is 5.84. The van der Waals surface area contributed by atoms with Crippen LogP contribution in [0.5, 0.6) is 0 Å².